The lowest BCUT2D eigenvalue weighted by molar-refractivity contribution is -0.126. The van der Waals surface area contributed by atoms with Gasteiger partial charge in [-0.3, -0.25) is 9.69 Å². The van der Waals surface area contributed by atoms with Crippen LogP contribution in [0.5, 0.6) is 5.75 Å². The highest BCUT2D eigenvalue weighted by Gasteiger charge is 2.25. The third kappa shape index (κ3) is 7.34. The average molecular weight is 441 g/mol. The maximum absolute atomic E-state index is 12.4. The first-order valence-electron chi connectivity index (χ1n) is 10.5. The van der Waals surface area contributed by atoms with Crippen molar-refractivity contribution in [1.82, 2.24) is 10.2 Å². The Morgan fingerprint density at radius 3 is 2.63 bits per heavy atom. The number of rotatable bonds is 11. The van der Waals surface area contributed by atoms with Gasteiger partial charge in [0.2, 0.25) is 5.91 Å². The van der Waals surface area contributed by atoms with E-state index in [0.717, 1.165) is 45.2 Å². The topological polar surface area (TPSA) is 120 Å². The Bertz CT molecular complexity index is 708. The number of nitrogens with two attached hydrogens (primary N) is 2. The van der Waals surface area contributed by atoms with Crippen LogP contribution in [0.4, 0.5) is 5.69 Å². The van der Waals surface area contributed by atoms with Crippen LogP contribution >= 0.6 is 11.6 Å². The van der Waals surface area contributed by atoms with E-state index in [2.05, 4.69) is 10.2 Å². The summed E-state index contributed by atoms with van der Waals surface area (Å²) in [5.41, 5.74) is 11.8. The second-order valence-corrected chi connectivity index (χ2v) is 7.87. The molecule has 1 aromatic carbocycles. The van der Waals surface area contributed by atoms with Gasteiger partial charge in [-0.2, -0.15) is 0 Å². The molecule has 0 radical (unpaired) electrons. The number of esters is 1. The van der Waals surface area contributed by atoms with Gasteiger partial charge in [-0.1, -0.05) is 18.0 Å². The normalized spacial score (nSPS) is 15.0. The van der Waals surface area contributed by atoms with Gasteiger partial charge < -0.3 is 26.3 Å². The smallest absolute Gasteiger partial charge is 0.342 e. The molecule has 1 saturated heterocycles. The van der Waals surface area contributed by atoms with Crippen LogP contribution in [0.2, 0.25) is 5.02 Å². The molecule has 1 heterocycles. The van der Waals surface area contributed by atoms with Crippen molar-refractivity contribution < 1.29 is 19.1 Å². The molecule has 9 heteroatoms. The van der Waals surface area contributed by atoms with E-state index in [9.17, 15) is 9.59 Å². The molecule has 0 spiro atoms. The molecule has 0 saturated carbocycles. The molecule has 0 bridgehead atoms. The van der Waals surface area contributed by atoms with Crippen molar-refractivity contribution in [2.45, 2.75) is 32.1 Å². The molecule has 0 atom stereocenters. The zero-order valence-corrected chi connectivity index (χ0v) is 18.4. The summed E-state index contributed by atoms with van der Waals surface area (Å²) < 4.78 is 10.6. The number of hydrogen-bond acceptors (Lipinski definition) is 7. The zero-order valence-electron chi connectivity index (χ0n) is 17.6. The molecule has 5 N–H and O–H groups in total. The number of likely N-dealkylation sites (tertiary alicyclic amines) is 1. The van der Waals surface area contributed by atoms with Crippen LogP contribution in [0.25, 0.3) is 0 Å². The molecule has 1 aliphatic heterocycles. The molecule has 1 aromatic rings. The predicted octanol–water partition coefficient (Wildman–Crippen LogP) is 2.04. The van der Waals surface area contributed by atoms with Crippen LogP contribution in [0.15, 0.2) is 12.1 Å². The van der Waals surface area contributed by atoms with Crippen molar-refractivity contribution >= 4 is 29.2 Å². The summed E-state index contributed by atoms with van der Waals surface area (Å²) in [6.45, 7) is 3.89. The second-order valence-electron chi connectivity index (χ2n) is 7.47. The summed E-state index contributed by atoms with van der Waals surface area (Å²) in [5, 5.41) is 3.30. The number of ether oxygens (including phenoxy) is 2. The fraction of sp³-hybridized carbons (Fsp3) is 0.619. The predicted molar refractivity (Wildman–Crippen MR) is 118 cm³/mol. The molecule has 0 aliphatic carbocycles. The number of unbranched alkanes of at least 4 members (excludes halogenated alkanes) is 2. The van der Waals surface area contributed by atoms with E-state index in [1.807, 2.05) is 0 Å². The lowest BCUT2D eigenvalue weighted by Crippen LogP contribution is -2.41. The van der Waals surface area contributed by atoms with E-state index in [1.54, 1.807) is 0 Å². The maximum Gasteiger partial charge on any atom is 0.342 e. The first kappa shape index (κ1) is 24.2. The Kier molecular flexibility index (Phi) is 10.2. The van der Waals surface area contributed by atoms with Crippen molar-refractivity contribution in [3.63, 3.8) is 0 Å². The second kappa shape index (κ2) is 12.6. The van der Waals surface area contributed by atoms with Crippen LogP contribution in [0, 0.1) is 5.92 Å². The number of benzene rings is 1. The Hall–Kier alpha value is -2.03. The van der Waals surface area contributed by atoms with E-state index in [1.165, 1.54) is 19.2 Å². The van der Waals surface area contributed by atoms with Gasteiger partial charge in [-0.25, -0.2) is 4.79 Å². The number of nitrogens with zero attached hydrogens (tertiary/aromatic N) is 1. The van der Waals surface area contributed by atoms with E-state index in [4.69, 9.17) is 32.5 Å². The number of amides is 1. The van der Waals surface area contributed by atoms with Gasteiger partial charge in [-0.05, 0) is 51.4 Å². The highest BCUT2D eigenvalue weighted by molar-refractivity contribution is 6.33. The molecule has 0 unspecified atom stereocenters. The maximum atomic E-state index is 12.4. The molecule has 168 valence electrons. The number of nitrogens with one attached hydrogen (secondary N) is 1. The third-order valence-corrected chi connectivity index (χ3v) is 5.65. The summed E-state index contributed by atoms with van der Waals surface area (Å²) in [4.78, 5) is 26.8. The lowest BCUT2D eigenvalue weighted by Gasteiger charge is -2.31. The molecule has 2 rings (SSSR count). The van der Waals surface area contributed by atoms with E-state index in [0.29, 0.717) is 31.1 Å². The molecular weight excluding hydrogens is 408 g/mol. The summed E-state index contributed by atoms with van der Waals surface area (Å²) in [6, 6.07) is 2.96. The molecule has 8 nitrogen and oxygen atoms in total. The molecular formula is C21H33ClN4O4. The number of methoxy groups -OCH3 is 1. The van der Waals surface area contributed by atoms with Gasteiger partial charge in [-0.15, -0.1) is 0 Å². The minimum Gasteiger partial charge on any atom is -0.496 e. The van der Waals surface area contributed by atoms with Crippen molar-refractivity contribution in [3.8, 4) is 5.75 Å². The van der Waals surface area contributed by atoms with Gasteiger partial charge in [0.15, 0.2) is 0 Å². The number of halogens is 1. The number of nitrogen functional groups attached to an aromatic ring is 1. The SMILES string of the molecule is COc1cc(N)c(Cl)cc1C(=O)OCCN1CCC(C(=O)NCCCCCN)CC1. The highest BCUT2D eigenvalue weighted by Crippen LogP contribution is 2.29. The zero-order chi connectivity index (χ0) is 21.9. The van der Waals surface area contributed by atoms with Crippen molar-refractivity contribution in [1.29, 1.82) is 0 Å². The number of hydrogen-bond donors (Lipinski definition) is 3. The van der Waals surface area contributed by atoms with E-state index in [-0.39, 0.29) is 29.0 Å². The van der Waals surface area contributed by atoms with Crippen LogP contribution in [0.1, 0.15) is 42.5 Å². The summed E-state index contributed by atoms with van der Waals surface area (Å²) >= 11 is 6.00. The minimum absolute atomic E-state index is 0.0551. The molecule has 1 fully saturated rings. The summed E-state index contributed by atoms with van der Waals surface area (Å²) in [5.74, 6) is 0.0232. The van der Waals surface area contributed by atoms with Crippen LogP contribution in [0.3, 0.4) is 0 Å². The van der Waals surface area contributed by atoms with Crippen LogP contribution in [-0.4, -0.2) is 63.2 Å². The first-order chi connectivity index (χ1) is 14.5. The number of anilines is 1. The Morgan fingerprint density at radius 1 is 1.23 bits per heavy atom. The first-order valence-corrected chi connectivity index (χ1v) is 10.8. The Balaban J connectivity index is 1.68. The fourth-order valence-electron chi connectivity index (χ4n) is 3.46. The molecule has 0 aromatic heterocycles. The molecule has 1 aliphatic rings. The fourth-order valence-corrected chi connectivity index (χ4v) is 3.63. The summed E-state index contributed by atoms with van der Waals surface area (Å²) in [7, 11) is 1.46. The van der Waals surface area contributed by atoms with E-state index < -0.39 is 5.97 Å². The Morgan fingerprint density at radius 2 is 1.97 bits per heavy atom. The summed E-state index contributed by atoms with van der Waals surface area (Å²) in [6.07, 6.45) is 4.63. The minimum atomic E-state index is -0.502. The quantitative estimate of drug-likeness (QED) is 0.273. The Labute approximate surface area is 183 Å². The van der Waals surface area contributed by atoms with Crippen molar-refractivity contribution in [2.75, 3.05) is 52.2 Å². The largest absolute Gasteiger partial charge is 0.496 e. The van der Waals surface area contributed by atoms with Crippen molar-refractivity contribution in [3.05, 3.63) is 22.7 Å². The van der Waals surface area contributed by atoms with Gasteiger partial charge in [0, 0.05) is 25.1 Å². The average Bonchev–Trinajstić information content (AvgIpc) is 2.75. The van der Waals surface area contributed by atoms with Gasteiger partial charge in [0.25, 0.3) is 0 Å². The molecule has 30 heavy (non-hydrogen) atoms. The number of carbonyl (C=O) groups is 2. The van der Waals surface area contributed by atoms with Crippen LogP contribution < -0.4 is 21.5 Å². The molecule has 1 amide bonds. The van der Waals surface area contributed by atoms with Crippen LogP contribution in [-0.2, 0) is 9.53 Å². The number of carbonyl (C=O) groups excluding carboxylic acids is 2. The van der Waals surface area contributed by atoms with Gasteiger partial charge in [0.05, 0.1) is 17.8 Å². The van der Waals surface area contributed by atoms with Gasteiger partial charge >= 0.3 is 5.97 Å². The third-order valence-electron chi connectivity index (χ3n) is 5.32. The number of piperidine rings is 1. The lowest BCUT2D eigenvalue weighted by atomic mass is 9.96. The van der Waals surface area contributed by atoms with Crippen molar-refractivity contribution in [2.24, 2.45) is 11.7 Å². The standard InChI is InChI=1S/C21H33ClN4O4/c1-29-19-14-18(24)17(22)13-16(19)21(28)30-12-11-26-9-5-15(6-10-26)20(27)25-8-4-2-3-7-23/h13-15H,2-12,23-24H2,1H3,(H,25,27). The highest BCUT2D eigenvalue weighted by atomic mass is 35.5. The monoisotopic (exact) mass is 440 g/mol. The van der Waals surface area contributed by atoms with Gasteiger partial charge in [0.1, 0.15) is 17.9 Å². The van der Waals surface area contributed by atoms with E-state index >= 15 is 0 Å².